The molecule has 0 aromatic heterocycles. The highest BCUT2D eigenvalue weighted by atomic mass is 16.5. The van der Waals surface area contributed by atoms with Crippen LogP contribution in [0.4, 0.5) is 11.4 Å². The van der Waals surface area contributed by atoms with Crippen molar-refractivity contribution in [2.45, 2.75) is 12.8 Å². The van der Waals surface area contributed by atoms with E-state index in [-0.39, 0.29) is 24.3 Å². The molecule has 2 aromatic carbocycles. The van der Waals surface area contributed by atoms with Gasteiger partial charge in [0.2, 0.25) is 0 Å². The zero-order valence-corrected chi connectivity index (χ0v) is 18.7. The van der Waals surface area contributed by atoms with E-state index in [0.29, 0.717) is 41.4 Å². The van der Waals surface area contributed by atoms with Crippen molar-refractivity contribution in [3.63, 3.8) is 0 Å². The summed E-state index contributed by atoms with van der Waals surface area (Å²) in [7, 11) is 5.43. The average molecular weight is 436 g/mol. The number of rotatable bonds is 6. The first kappa shape index (κ1) is 21.9. The van der Waals surface area contributed by atoms with Gasteiger partial charge >= 0.3 is 0 Å². The van der Waals surface area contributed by atoms with E-state index in [1.165, 1.54) is 4.90 Å². The summed E-state index contributed by atoms with van der Waals surface area (Å²) in [5.74, 6) is 0.108. The Hall–Kier alpha value is -3.32. The number of hydrogen-bond donors (Lipinski definition) is 1. The van der Waals surface area contributed by atoms with Crippen LogP contribution in [0, 0.1) is 5.92 Å². The van der Waals surface area contributed by atoms with Crippen LogP contribution in [0.1, 0.15) is 18.4 Å². The van der Waals surface area contributed by atoms with E-state index in [0.717, 1.165) is 18.5 Å². The molecule has 2 aliphatic heterocycles. The van der Waals surface area contributed by atoms with Crippen molar-refractivity contribution < 1.29 is 19.4 Å². The highest BCUT2D eigenvalue weighted by Crippen LogP contribution is 2.37. The number of aliphatic hydroxyl groups is 1. The molecule has 1 atom stereocenters. The van der Waals surface area contributed by atoms with Gasteiger partial charge in [0.1, 0.15) is 11.4 Å². The Balaban J connectivity index is 1.80. The number of piperidine rings is 1. The topological polar surface area (TPSA) is 73.3 Å². The Morgan fingerprint density at radius 1 is 1.09 bits per heavy atom. The molecule has 0 aliphatic carbocycles. The Morgan fingerprint density at radius 2 is 1.84 bits per heavy atom. The molecule has 2 heterocycles. The van der Waals surface area contributed by atoms with Crippen LogP contribution in [-0.4, -0.2) is 62.7 Å². The van der Waals surface area contributed by atoms with Gasteiger partial charge in [0, 0.05) is 39.5 Å². The number of hydrogen-bond acceptors (Lipinski definition) is 6. The highest BCUT2D eigenvalue weighted by molar-refractivity contribution is 6.45. The van der Waals surface area contributed by atoms with Gasteiger partial charge in [-0.3, -0.25) is 9.59 Å². The molecule has 0 saturated carbocycles. The summed E-state index contributed by atoms with van der Waals surface area (Å²) in [6.07, 6.45) is 1.77. The molecule has 1 fully saturated rings. The number of carbonyl (C=O) groups excluding carboxylic acids is 2. The first-order chi connectivity index (χ1) is 15.4. The minimum atomic E-state index is -0.336. The van der Waals surface area contributed by atoms with Gasteiger partial charge in [-0.15, -0.1) is 0 Å². The largest absolute Gasteiger partial charge is 0.497 e. The molecular weight excluding hydrogens is 406 g/mol. The second-order valence-electron chi connectivity index (χ2n) is 8.45. The minimum Gasteiger partial charge on any atom is -0.497 e. The Morgan fingerprint density at radius 3 is 2.50 bits per heavy atom. The van der Waals surface area contributed by atoms with Crippen molar-refractivity contribution in [1.82, 2.24) is 4.90 Å². The molecule has 2 aliphatic rings. The normalized spacial score (nSPS) is 19.1. The fourth-order valence-electron chi connectivity index (χ4n) is 4.39. The fraction of sp³-hybridized carbons (Fsp3) is 0.360. The van der Waals surface area contributed by atoms with Crippen LogP contribution >= 0.6 is 0 Å². The maximum absolute atomic E-state index is 13.7. The third-order valence-corrected chi connectivity index (χ3v) is 6.14. The van der Waals surface area contributed by atoms with Gasteiger partial charge in [0.15, 0.2) is 0 Å². The summed E-state index contributed by atoms with van der Waals surface area (Å²) in [5.41, 5.74) is 2.93. The van der Waals surface area contributed by atoms with E-state index in [1.54, 1.807) is 25.3 Å². The van der Waals surface area contributed by atoms with Crippen LogP contribution in [0.15, 0.2) is 54.2 Å². The lowest BCUT2D eigenvalue weighted by molar-refractivity contribution is -0.120. The highest BCUT2D eigenvalue weighted by Gasteiger charge is 2.43. The van der Waals surface area contributed by atoms with E-state index in [4.69, 9.17) is 4.74 Å². The number of likely N-dealkylation sites (tertiary alicyclic amines) is 1. The molecule has 1 saturated heterocycles. The molecule has 168 valence electrons. The van der Waals surface area contributed by atoms with E-state index < -0.39 is 0 Å². The number of nitrogens with zero attached hydrogens (tertiary/aromatic N) is 3. The molecule has 0 radical (unpaired) electrons. The van der Waals surface area contributed by atoms with Crippen LogP contribution in [0.3, 0.4) is 0 Å². The summed E-state index contributed by atoms with van der Waals surface area (Å²) in [5, 5.41) is 9.70. The summed E-state index contributed by atoms with van der Waals surface area (Å²) < 4.78 is 5.26. The molecule has 2 amide bonds. The van der Waals surface area contributed by atoms with Crippen molar-refractivity contribution >= 4 is 28.8 Å². The number of anilines is 2. The van der Waals surface area contributed by atoms with Crippen LogP contribution in [0.25, 0.3) is 5.57 Å². The molecule has 1 N–H and O–H groups in total. The summed E-state index contributed by atoms with van der Waals surface area (Å²) in [4.78, 5) is 32.6. The monoisotopic (exact) mass is 435 g/mol. The first-order valence-electron chi connectivity index (χ1n) is 10.8. The van der Waals surface area contributed by atoms with Crippen LogP contribution < -0.4 is 14.5 Å². The quantitative estimate of drug-likeness (QED) is 0.704. The van der Waals surface area contributed by atoms with E-state index >= 15 is 0 Å². The lowest BCUT2D eigenvalue weighted by atomic mass is 9.97. The number of methoxy groups -OCH3 is 1. The van der Waals surface area contributed by atoms with Gasteiger partial charge < -0.3 is 19.6 Å². The smallest absolute Gasteiger partial charge is 0.282 e. The second-order valence-corrected chi connectivity index (χ2v) is 8.45. The average Bonchev–Trinajstić information content (AvgIpc) is 3.09. The number of benzene rings is 2. The molecule has 7 nitrogen and oxygen atoms in total. The number of carbonyl (C=O) groups is 2. The van der Waals surface area contributed by atoms with E-state index in [9.17, 15) is 14.7 Å². The summed E-state index contributed by atoms with van der Waals surface area (Å²) in [6.45, 7) is 1.30. The molecule has 2 aromatic rings. The van der Waals surface area contributed by atoms with Crippen LogP contribution in [0.2, 0.25) is 0 Å². The Bertz CT molecular complexity index is 1050. The number of amides is 2. The standard InChI is InChI=1S/C25H29N3O4/c1-26(2)19-7-4-8-20(14-19)28-24(30)22(18-9-11-21(32-3)12-10-18)23(25(28)31)27-13-5-6-17(15-27)16-29/h4,7-12,14,17,29H,5-6,13,15-16H2,1-3H3. The maximum Gasteiger partial charge on any atom is 0.282 e. The van der Waals surface area contributed by atoms with Gasteiger partial charge in [0.05, 0.1) is 18.4 Å². The molecular formula is C25H29N3O4. The third-order valence-electron chi connectivity index (χ3n) is 6.14. The zero-order valence-electron chi connectivity index (χ0n) is 18.7. The number of aliphatic hydroxyl groups excluding tert-OH is 1. The molecule has 1 unspecified atom stereocenters. The van der Waals surface area contributed by atoms with Crippen LogP contribution in [0.5, 0.6) is 5.75 Å². The summed E-state index contributed by atoms with van der Waals surface area (Å²) >= 11 is 0. The summed E-state index contributed by atoms with van der Waals surface area (Å²) in [6, 6.07) is 14.6. The number of ether oxygens (including phenoxy) is 1. The third kappa shape index (κ3) is 3.96. The Kier molecular flexibility index (Phi) is 6.19. The van der Waals surface area contributed by atoms with Crippen molar-refractivity contribution in [1.29, 1.82) is 0 Å². The Labute approximate surface area is 188 Å². The predicted molar refractivity (Wildman–Crippen MR) is 125 cm³/mol. The van der Waals surface area contributed by atoms with Gasteiger partial charge in [0.25, 0.3) is 11.8 Å². The van der Waals surface area contributed by atoms with Crippen LogP contribution in [-0.2, 0) is 9.59 Å². The van der Waals surface area contributed by atoms with Gasteiger partial charge in [-0.1, -0.05) is 18.2 Å². The second kappa shape index (κ2) is 9.04. The van der Waals surface area contributed by atoms with E-state index in [2.05, 4.69) is 0 Å². The minimum absolute atomic E-state index is 0.0678. The van der Waals surface area contributed by atoms with Gasteiger partial charge in [-0.2, -0.15) is 0 Å². The van der Waals surface area contributed by atoms with Crippen molar-refractivity contribution in [2.24, 2.45) is 5.92 Å². The van der Waals surface area contributed by atoms with Gasteiger partial charge in [-0.05, 0) is 54.7 Å². The first-order valence-corrected chi connectivity index (χ1v) is 10.8. The van der Waals surface area contributed by atoms with Crippen molar-refractivity contribution in [2.75, 3.05) is 50.7 Å². The lowest BCUT2D eigenvalue weighted by Crippen LogP contribution is -2.40. The SMILES string of the molecule is COc1ccc(C2=C(N3CCCC(CO)C3)C(=O)N(c3cccc(N(C)C)c3)C2=O)cc1. The molecule has 0 spiro atoms. The maximum atomic E-state index is 13.7. The van der Waals surface area contributed by atoms with E-state index in [1.807, 2.05) is 54.2 Å². The van der Waals surface area contributed by atoms with Crippen molar-refractivity contribution in [3.05, 3.63) is 59.8 Å². The van der Waals surface area contributed by atoms with Gasteiger partial charge in [-0.25, -0.2) is 4.90 Å². The molecule has 32 heavy (non-hydrogen) atoms. The predicted octanol–water partition coefficient (Wildman–Crippen LogP) is 2.75. The molecule has 0 bridgehead atoms. The molecule has 4 rings (SSSR count). The fourth-order valence-corrected chi connectivity index (χ4v) is 4.39. The lowest BCUT2D eigenvalue weighted by Gasteiger charge is -2.34. The number of imide groups is 1. The zero-order chi connectivity index (χ0) is 22.8. The molecule has 7 heteroatoms. The van der Waals surface area contributed by atoms with Crippen molar-refractivity contribution in [3.8, 4) is 5.75 Å².